The molecule has 5 aromatic rings. The molecule has 0 spiro atoms. The molecule has 43 heavy (non-hydrogen) atoms. The zero-order valence-electron chi connectivity index (χ0n) is 23.6. The maximum absolute atomic E-state index is 13.6. The Morgan fingerprint density at radius 1 is 1.00 bits per heavy atom. The molecule has 2 heterocycles. The zero-order chi connectivity index (χ0) is 30.7. The van der Waals surface area contributed by atoms with Gasteiger partial charge in [-0.25, -0.2) is 4.68 Å². The molecule has 0 radical (unpaired) electrons. The number of hydrogen-bond donors (Lipinski definition) is 1. The number of nitrogens with zero attached hydrogens (tertiary/aromatic N) is 6. The van der Waals surface area contributed by atoms with Gasteiger partial charge in [0, 0.05) is 27.9 Å². The van der Waals surface area contributed by atoms with E-state index in [9.17, 15) is 15.3 Å². The van der Waals surface area contributed by atoms with Crippen molar-refractivity contribution in [3.05, 3.63) is 117 Å². The maximum atomic E-state index is 13.6. The summed E-state index contributed by atoms with van der Waals surface area (Å²) in [4.78, 5) is 13.6. The smallest absolute Gasteiger partial charge is 0.291 e. The predicted octanol–water partition coefficient (Wildman–Crippen LogP) is 6.36. The molecule has 0 atom stereocenters. The van der Waals surface area contributed by atoms with Gasteiger partial charge in [-0.05, 0) is 59.5 Å². The van der Waals surface area contributed by atoms with Crippen molar-refractivity contribution >= 4 is 23.6 Å². The number of anilines is 1. The lowest BCUT2D eigenvalue weighted by Crippen LogP contribution is -2.25. The number of pyridine rings is 1. The number of benzene rings is 3. The maximum Gasteiger partial charge on any atom is 0.291 e. The van der Waals surface area contributed by atoms with Crippen molar-refractivity contribution in [3.63, 3.8) is 0 Å². The van der Waals surface area contributed by atoms with Gasteiger partial charge in [-0.2, -0.15) is 25.4 Å². The number of rotatable bonds is 7. The molecule has 0 saturated carbocycles. The standard InChI is InChI=1S/C33H26ClN7O2/c1-20(2)21-7-9-22(10-8-21)30-28(16-35)32(37)41(33(42)29(30)17-36)38-18-24-19-40(26-6-4-5-25(34)15-26)39-31(24)23-11-13-27(43-3)14-12-23/h4-15,18-20H,37H2,1-3H3. The van der Waals surface area contributed by atoms with Crippen LogP contribution in [0.5, 0.6) is 5.75 Å². The summed E-state index contributed by atoms with van der Waals surface area (Å²) in [6.07, 6.45) is 3.15. The third kappa shape index (κ3) is 5.62. The van der Waals surface area contributed by atoms with Crippen LogP contribution in [0.3, 0.4) is 0 Å². The summed E-state index contributed by atoms with van der Waals surface area (Å²) in [5.74, 6) is 0.789. The van der Waals surface area contributed by atoms with Gasteiger partial charge >= 0.3 is 0 Å². The number of methoxy groups -OCH3 is 1. The Hall–Kier alpha value is -5.64. The lowest BCUT2D eigenvalue weighted by Gasteiger charge is -2.13. The minimum absolute atomic E-state index is 0.0180. The zero-order valence-corrected chi connectivity index (χ0v) is 24.4. The number of nitrogen functional groups attached to an aromatic ring is 1. The highest BCUT2D eigenvalue weighted by molar-refractivity contribution is 6.30. The minimum atomic E-state index is -0.744. The molecule has 2 aromatic heterocycles. The molecule has 5 rings (SSSR count). The first-order chi connectivity index (χ1) is 20.7. The van der Waals surface area contributed by atoms with Crippen LogP contribution in [0.25, 0.3) is 28.1 Å². The van der Waals surface area contributed by atoms with Crippen LogP contribution in [0.4, 0.5) is 5.82 Å². The van der Waals surface area contributed by atoms with Crippen molar-refractivity contribution in [2.24, 2.45) is 5.10 Å². The van der Waals surface area contributed by atoms with E-state index >= 15 is 0 Å². The van der Waals surface area contributed by atoms with E-state index in [4.69, 9.17) is 27.2 Å². The van der Waals surface area contributed by atoms with E-state index in [1.807, 2.05) is 54.6 Å². The quantitative estimate of drug-likeness (QED) is 0.220. The average Bonchev–Trinajstić information content (AvgIpc) is 3.45. The number of halogens is 1. The van der Waals surface area contributed by atoms with Gasteiger partial charge in [0.2, 0.25) is 0 Å². The molecule has 9 nitrogen and oxygen atoms in total. The fourth-order valence-corrected chi connectivity index (χ4v) is 4.85. The van der Waals surface area contributed by atoms with Crippen LogP contribution in [-0.2, 0) is 0 Å². The second-order valence-corrected chi connectivity index (χ2v) is 10.4. The van der Waals surface area contributed by atoms with Gasteiger partial charge < -0.3 is 10.5 Å². The van der Waals surface area contributed by atoms with Crippen molar-refractivity contribution in [3.8, 4) is 46.0 Å². The first kappa shape index (κ1) is 28.9. The molecule has 0 aliphatic carbocycles. The molecule has 0 fully saturated rings. The summed E-state index contributed by atoms with van der Waals surface area (Å²) in [6, 6.07) is 25.9. The van der Waals surface area contributed by atoms with Crippen LogP contribution in [0.15, 0.2) is 88.9 Å². The normalized spacial score (nSPS) is 11.0. The van der Waals surface area contributed by atoms with Crippen molar-refractivity contribution in [2.45, 2.75) is 19.8 Å². The van der Waals surface area contributed by atoms with E-state index in [1.54, 1.807) is 42.3 Å². The highest BCUT2D eigenvalue weighted by Gasteiger charge is 2.22. The Morgan fingerprint density at radius 2 is 1.67 bits per heavy atom. The van der Waals surface area contributed by atoms with Crippen LogP contribution in [0, 0.1) is 22.7 Å². The monoisotopic (exact) mass is 587 g/mol. The van der Waals surface area contributed by atoms with Crippen LogP contribution in [-0.4, -0.2) is 27.8 Å². The van der Waals surface area contributed by atoms with Gasteiger partial charge in [0.05, 0.1) is 19.0 Å². The Labute approximate surface area is 253 Å². The molecular formula is C33H26ClN7O2. The summed E-state index contributed by atoms with van der Waals surface area (Å²) in [5.41, 5.74) is 9.75. The fourth-order valence-electron chi connectivity index (χ4n) is 4.66. The Bertz CT molecular complexity index is 1990. The van der Waals surface area contributed by atoms with Gasteiger partial charge in [0.25, 0.3) is 5.56 Å². The van der Waals surface area contributed by atoms with Crippen LogP contribution in [0.1, 0.15) is 42.0 Å². The van der Waals surface area contributed by atoms with Crippen molar-refractivity contribution < 1.29 is 4.74 Å². The summed E-state index contributed by atoms with van der Waals surface area (Å²) in [7, 11) is 1.58. The van der Waals surface area contributed by atoms with E-state index in [0.717, 1.165) is 15.8 Å². The Balaban J connectivity index is 1.65. The average molecular weight is 588 g/mol. The summed E-state index contributed by atoms with van der Waals surface area (Å²) in [5, 5.41) is 29.7. The van der Waals surface area contributed by atoms with Crippen LogP contribution in [0.2, 0.25) is 5.02 Å². The first-order valence-corrected chi connectivity index (χ1v) is 13.7. The minimum Gasteiger partial charge on any atom is -0.497 e. The summed E-state index contributed by atoms with van der Waals surface area (Å²) in [6.45, 7) is 4.12. The van der Waals surface area contributed by atoms with Gasteiger partial charge in [-0.1, -0.05) is 55.8 Å². The van der Waals surface area contributed by atoms with Crippen molar-refractivity contribution in [1.82, 2.24) is 14.5 Å². The summed E-state index contributed by atoms with van der Waals surface area (Å²) < 4.78 is 7.80. The molecule has 0 unspecified atom stereocenters. The SMILES string of the molecule is COc1ccc(-c2nn(-c3cccc(Cl)c3)cc2C=Nn2c(N)c(C#N)c(-c3ccc(C(C)C)cc3)c(C#N)c2=O)cc1. The molecule has 2 N–H and O–H groups in total. The van der Waals surface area contributed by atoms with Gasteiger partial charge in [-0.15, -0.1) is 0 Å². The lowest BCUT2D eigenvalue weighted by molar-refractivity contribution is 0.415. The molecule has 0 bridgehead atoms. The highest BCUT2D eigenvalue weighted by Crippen LogP contribution is 2.31. The molecule has 10 heteroatoms. The Morgan fingerprint density at radius 3 is 2.28 bits per heavy atom. The lowest BCUT2D eigenvalue weighted by atomic mass is 9.94. The van der Waals surface area contributed by atoms with E-state index in [0.29, 0.717) is 39.2 Å². The second-order valence-electron chi connectivity index (χ2n) is 9.96. The fraction of sp³-hybridized carbons (Fsp3) is 0.121. The van der Waals surface area contributed by atoms with Gasteiger partial charge in [-0.3, -0.25) is 4.79 Å². The second kappa shape index (κ2) is 12.1. The predicted molar refractivity (Wildman–Crippen MR) is 168 cm³/mol. The number of aromatic nitrogens is 3. The largest absolute Gasteiger partial charge is 0.497 e. The van der Waals surface area contributed by atoms with E-state index in [2.05, 4.69) is 25.0 Å². The van der Waals surface area contributed by atoms with Gasteiger partial charge in [0.15, 0.2) is 0 Å². The third-order valence-corrected chi connectivity index (χ3v) is 7.21. The summed E-state index contributed by atoms with van der Waals surface area (Å²) >= 11 is 6.22. The van der Waals surface area contributed by atoms with E-state index < -0.39 is 5.56 Å². The molecule has 0 aliphatic rings. The molecule has 0 aliphatic heterocycles. The topological polar surface area (TPSA) is 135 Å². The molecule has 0 amide bonds. The number of nitriles is 2. The highest BCUT2D eigenvalue weighted by atomic mass is 35.5. The van der Waals surface area contributed by atoms with Crippen molar-refractivity contribution in [1.29, 1.82) is 10.5 Å². The van der Waals surface area contributed by atoms with Gasteiger partial charge in [0.1, 0.15) is 40.5 Å². The number of hydrogen-bond acceptors (Lipinski definition) is 7. The van der Waals surface area contributed by atoms with E-state index in [1.165, 1.54) is 6.21 Å². The van der Waals surface area contributed by atoms with E-state index in [-0.39, 0.29) is 22.5 Å². The van der Waals surface area contributed by atoms with Crippen LogP contribution < -0.4 is 16.0 Å². The molecule has 3 aromatic carbocycles. The number of ether oxygens (including phenoxy) is 1. The van der Waals surface area contributed by atoms with Crippen molar-refractivity contribution in [2.75, 3.05) is 12.8 Å². The molecular weight excluding hydrogens is 562 g/mol. The van der Waals surface area contributed by atoms with Crippen LogP contribution >= 0.6 is 11.6 Å². The molecule has 0 saturated heterocycles. The Kier molecular flexibility index (Phi) is 8.11. The first-order valence-electron chi connectivity index (χ1n) is 13.3. The molecule has 212 valence electrons. The third-order valence-electron chi connectivity index (χ3n) is 6.97. The number of nitrogens with two attached hydrogens (primary N) is 1.